The molecule has 4 nitrogen and oxygen atoms in total. The van der Waals surface area contributed by atoms with Gasteiger partial charge < -0.3 is 15.0 Å². The van der Waals surface area contributed by atoms with E-state index in [-0.39, 0.29) is 24.0 Å². The molecule has 0 radical (unpaired) electrons. The van der Waals surface area contributed by atoms with E-state index < -0.39 is 0 Å². The summed E-state index contributed by atoms with van der Waals surface area (Å²) in [5, 5.41) is 3.64. The van der Waals surface area contributed by atoms with Crippen molar-refractivity contribution in [2.24, 2.45) is 22.2 Å². The number of rotatable bonds is 5. The average molecular weight is 407 g/mol. The topological polar surface area (TPSA) is 36.9 Å². The Bertz CT molecular complexity index is 361. The Labute approximate surface area is 146 Å². The monoisotopic (exact) mass is 407 g/mol. The van der Waals surface area contributed by atoms with E-state index in [0.29, 0.717) is 11.3 Å². The van der Waals surface area contributed by atoms with Gasteiger partial charge in [0.2, 0.25) is 0 Å². The zero-order valence-corrected chi connectivity index (χ0v) is 15.8. The second-order valence-corrected chi connectivity index (χ2v) is 7.00. The van der Waals surface area contributed by atoms with Crippen LogP contribution < -0.4 is 5.32 Å². The third-order valence-electron chi connectivity index (χ3n) is 5.52. The quantitative estimate of drug-likeness (QED) is 0.433. The standard InChI is InChI=1S/C16H29N3O.HI/c1-17-15(19(2)10-13-6-9-20-11-13)18-12-16(7-3-8-16)14-4-5-14;/h13-14H,3-12H2,1-2H3,(H,17,18);1H. The highest BCUT2D eigenvalue weighted by Crippen LogP contribution is 2.56. The van der Waals surface area contributed by atoms with Crippen molar-refractivity contribution in [1.29, 1.82) is 0 Å². The molecule has 1 aliphatic heterocycles. The Kier molecular flexibility index (Phi) is 6.17. The lowest BCUT2D eigenvalue weighted by Gasteiger charge is -2.43. The van der Waals surface area contributed by atoms with Crippen LogP contribution in [0.4, 0.5) is 0 Å². The molecule has 0 bridgehead atoms. The highest BCUT2D eigenvalue weighted by Gasteiger charge is 2.48. The van der Waals surface area contributed by atoms with Gasteiger partial charge in [-0.15, -0.1) is 24.0 Å². The van der Waals surface area contributed by atoms with Crippen LogP contribution in [-0.4, -0.2) is 51.3 Å². The Morgan fingerprint density at radius 1 is 1.33 bits per heavy atom. The molecule has 0 aromatic rings. The normalized spacial score (nSPS) is 27.7. The van der Waals surface area contributed by atoms with Gasteiger partial charge in [0.05, 0.1) is 6.61 Å². The van der Waals surface area contributed by atoms with Crippen LogP contribution >= 0.6 is 24.0 Å². The van der Waals surface area contributed by atoms with Crippen LogP contribution in [0.1, 0.15) is 38.5 Å². The predicted octanol–water partition coefficient (Wildman–Crippen LogP) is 2.73. The van der Waals surface area contributed by atoms with Crippen LogP contribution in [0.25, 0.3) is 0 Å². The SMILES string of the molecule is CN=C(NCC1(C2CC2)CCC1)N(C)CC1CCOC1.I. The fraction of sp³-hybridized carbons (Fsp3) is 0.938. The molecule has 1 heterocycles. The summed E-state index contributed by atoms with van der Waals surface area (Å²) in [6.45, 7) is 4.01. The van der Waals surface area contributed by atoms with Gasteiger partial charge in [0.1, 0.15) is 0 Å². The summed E-state index contributed by atoms with van der Waals surface area (Å²) < 4.78 is 5.46. The van der Waals surface area contributed by atoms with Crippen LogP contribution in [0.2, 0.25) is 0 Å². The fourth-order valence-electron chi connectivity index (χ4n) is 3.90. The number of ether oxygens (including phenoxy) is 1. The molecule has 122 valence electrons. The molecule has 1 unspecified atom stereocenters. The average Bonchev–Trinajstić information content (AvgIpc) is 3.11. The first-order valence-electron chi connectivity index (χ1n) is 8.23. The minimum atomic E-state index is 0. The van der Waals surface area contributed by atoms with Crippen LogP contribution in [0, 0.1) is 17.3 Å². The van der Waals surface area contributed by atoms with Crippen molar-refractivity contribution >= 4 is 29.9 Å². The number of guanidine groups is 1. The van der Waals surface area contributed by atoms with E-state index in [4.69, 9.17) is 4.74 Å². The molecule has 3 aliphatic rings. The summed E-state index contributed by atoms with van der Waals surface area (Å²) in [6.07, 6.45) is 8.36. The molecule has 21 heavy (non-hydrogen) atoms. The van der Waals surface area contributed by atoms with Crippen LogP contribution in [0.3, 0.4) is 0 Å². The number of hydrogen-bond acceptors (Lipinski definition) is 2. The van der Waals surface area contributed by atoms with E-state index in [2.05, 4.69) is 22.3 Å². The number of halogens is 1. The van der Waals surface area contributed by atoms with Gasteiger partial charge >= 0.3 is 0 Å². The maximum atomic E-state index is 5.46. The molecule has 2 aliphatic carbocycles. The van der Waals surface area contributed by atoms with Gasteiger partial charge in [-0.2, -0.15) is 0 Å². The summed E-state index contributed by atoms with van der Waals surface area (Å²) >= 11 is 0. The van der Waals surface area contributed by atoms with Crippen molar-refractivity contribution in [2.75, 3.05) is 40.4 Å². The summed E-state index contributed by atoms with van der Waals surface area (Å²) in [7, 11) is 4.05. The van der Waals surface area contributed by atoms with E-state index >= 15 is 0 Å². The minimum absolute atomic E-state index is 0. The summed E-state index contributed by atoms with van der Waals surface area (Å²) in [6, 6.07) is 0. The molecule has 5 heteroatoms. The highest BCUT2D eigenvalue weighted by atomic mass is 127. The van der Waals surface area contributed by atoms with Crippen molar-refractivity contribution in [1.82, 2.24) is 10.2 Å². The fourth-order valence-corrected chi connectivity index (χ4v) is 3.90. The lowest BCUT2D eigenvalue weighted by molar-refractivity contribution is 0.104. The molecular weight excluding hydrogens is 377 g/mol. The molecule has 3 rings (SSSR count). The Morgan fingerprint density at radius 2 is 2.10 bits per heavy atom. The molecule has 1 N–H and O–H groups in total. The van der Waals surface area contributed by atoms with E-state index in [1.807, 2.05) is 7.05 Å². The maximum absolute atomic E-state index is 5.46. The zero-order valence-electron chi connectivity index (χ0n) is 13.4. The lowest BCUT2D eigenvalue weighted by Crippen LogP contribution is -2.48. The van der Waals surface area contributed by atoms with Gasteiger partial charge in [0.15, 0.2) is 5.96 Å². The first-order chi connectivity index (χ1) is 9.73. The van der Waals surface area contributed by atoms with Gasteiger partial charge in [0.25, 0.3) is 0 Å². The third-order valence-corrected chi connectivity index (χ3v) is 5.52. The molecule has 1 saturated heterocycles. The number of nitrogens with zero attached hydrogens (tertiary/aromatic N) is 2. The Morgan fingerprint density at radius 3 is 2.57 bits per heavy atom. The van der Waals surface area contributed by atoms with Crippen molar-refractivity contribution in [2.45, 2.75) is 38.5 Å². The zero-order chi connectivity index (χ0) is 14.0. The molecule has 1 atom stereocenters. The predicted molar refractivity (Wildman–Crippen MR) is 97.3 cm³/mol. The number of aliphatic imine (C=N–C) groups is 1. The van der Waals surface area contributed by atoms with Crippen LogP contribution in [0.5, 0.6) is 0 Å². The molecule has 2 saturated carbocycles. The van der Waals surface area contributed by atoms with Crippen molar-refractivity contribution < 1.29 is 4.74 Å². The van der Waals surface area contributed by atoms with E-state index in [9.17, 15) is 0 Å². The van der Waals surface area contributed by atoms with E-state index in [0.717, 1.165) is 38.2 Å². The lowest BCUT2D eigenvalue weighted by atomic mass is 9.65. The highest BCUT2D eigenvalue weighted by molar-refractivity contribution is 14.0. The maximum Gasteiger partial charge on any atom is 0.193 e. The summed E-state index contributed by atoms with van der Waals surface area (Å²) in [5.41, 5.74) is 0.604. The number of hydrogen-bond donors (Lipinski definition) is 1. The minimum Gasteiger partial charge on any atom is -0.381 e. The summed E-state index contributed by atoms with van der Waals surface area (Å²) in [5.74, 6) is 2.72. The Hall–Kier alpha value is -0.0400. The first-order valence-corrected chi connectivity index (χ1v) is 8.23. The van der Waals surface area contributed by atoms with Crippen LogP contribution in [0.15, 0.2) is 4.99 Å². The second kappa shape index (κ2) is 7.49. The largest absolute Gasteiger partial charge is 0.381 e. The molecule has 0 amide bonds. The number of nitrogens with one attached hydrogen (secondary N) is 1. The second-order valence-electron chi connectivity index (χ2n) is 7.00. The Balaban J connectivity index is 0.00000161. The van der Waals surface area contributed by atoms with Crippen LogP contribution in [-0.2, 0) is 4.74 Å². The molecule has 3 fully saturated rings. The van der Waals surface area contributed by atoms with Gasteiger partial charge in [-0.25, -0.2) is 0 Å². The van der Waals surface area contributed by atoms with Crippen molar-refractivity contribution in [3.8, 4) is 0 Å². The first kappa shape index (κ1) is 17.3. The van der Waals surface area contributed by atoms with Gasteiger partial charge in [0, 0.05) is 39.7 Å². The smallest absolute Gasteiger partial charge is 0.193 e. The molecule has 0 spiro atoms. The van der Waals surface area contributed by atoms with Gasteiger partial charge in [-0.05, 0) is 43.4 Å². The molecule has 0 aromatic carbocycles. The van der Waals surface area contributed by atoms with E-state index in [1.165, 1.54) is 38.5 Å². The van der Waals surface area contributed by atoms with E-state index in [1.54, 1.807) is 0 Å². The van der Waals surface area contributed by atoms with Crippen molar-refractivity contribution in [3.05, 3.63) is 0 Å². The van der Waals surface area contributed by atoms with Gasteiger partial charge in [-0.1, -0.05) is 6.42 Å². The molecule has 0 aromatic heterocycles. The third kappa shape index (κ3) is 4.03. The summed E-state index contributed by atoms with van der Waals surface area (Å²) in [4.78, 5) is 6.74. The van der Waals surface area contributed by atoms with Gasteiger partial charge in [-0.3, -0.25) is 4.99 Å². The van der Waals surface area contributed by atoms with Crippen molar-refractivity contribution in [3.63, 3.8) is 0 Å². The molecular formula is C16H30IN3O.